The Hall–Kier alpha value is -2.38. The van der Waals surface area contributed by atoms with Crippen LogP contribution < -0.4 is 5.32 Å². The van der Waals surface area contributed by atoms with Gasteiger partial charge in [0.1, 0.15) is 11.9 Å². The number of anilines is 1. The molecule has 4 heteroatoms. The SMILES string of the molecule is COCc1ccccc1C(C#N)Nc1cccc(F)c1. The lowest BCUT2D eigenvalue weighted by Gasteiger charge is -2.16. The number of hydrogen-bond donors (Lipinski definition) is 1. The topological polar surface area (TPSA) is 45.0 Å². The fourth-order valence-electron chi connectivity index (χ4n) is 2.03. The van der Waals surface area contributed by atoms with E-state index < -0.39 is 6.04 Å². The summed E-state index contributed by atoms with van der Waals surface area (Å²) in [5.41, 5.74) is 2.34. The van der Waals surface area contributed by atoms with Crippen LogP contribution in [0.25, 0.3) is 0 Å². The quantitative estimate of drug-likeness (QED) is 0.902. The van der Waals surface area contributed by atoms with Crippen LogP contribution in [0, 0.1) is 17.1 Å². The maximum atomic E-state index is 13.2. The van der Waals surface area contributed by atoms with Crippen LogP contribution in [0.15, 0.2) is 48.5 Å². The van der Waals surface area contributed by atoms with Crippen molar-refractivity contribution in [3.8, 4) is 6.07 Å². The van der Waals surface area contributed by atoms with Crippen LogP contribution in [0.4, 0.5) is 10.1 Å². The van der Waals surface area contributed by atoms with Crippen molar-refractivity contribution < 1.29 is 9.13 Å². The molecule has 0 saturated heterocycles. The highest BCUT2D eigenvalue weighted by molar-refractivity contribution is 5.48. The first-order chi connectivity index (χ1) is 9.74. The van der Waals surface area contributed by atoms with Crippen molar-refractivity contribution in [1.29, 1.82) is 5.26 Å². The largest absolute Gasteiger partial charge is 0.380 e. The van der Waals surface area contributed by atoms with E-state index in [1.54, 1.807) is 19.2 Å². The Morgan fingerprint density at radius 1 is 1.25 bits per heavy atom. The second-order valence-corrected chi connectivity index (χ2v) is 4.35. The Labute approximate surface area is 117 Å². The van der Waals surface area contributed by atoms with Gasteiger partial charge >= 0.3 is 0 Å². The number of methoxy groups -OCH3 is 1. The molecule has 0 aliphatic heterocycles. The highest BCUT2D eigenvalue weighted by atomic mass is 19.1. The summed E-state index contributed by atoms with van der Waals surface area (Å²) in [6.45, 7) is 0.430. The van der Waals surface area contributed by atoms with Gasteiger partial charge in [-0.3, -0.25) is 0 Å². The number of halogens is 1. The molecule has 0 aliphatic rings. The van der Waals surface area contributed by atoms with Crippen LogP contribution in [-0.4, -0.2) is 7.11 Å². The Balaban J connectivity index is 2.27. The zero-order valence-electron chi connectivity index (χ0n) is 11.1. The average Bonchev–Trinajstić information content (AvgIpc) is 2.46. The maximum absolute atomic E-state index is 13.2. The highest BCUT2D eigenvalue weighted by Crippen LogP contribution is 2.23. The van der Waals surface area contributed by atoms with Gasteiger partial charge in [0.2, 0.25) is 0 Å². The molecule has 0 spiro atoms. The van der Waals surface area contributed by atoms with Gasteiger partial charge in [0.15, 0.2) is 0 Å². The summed E-state index contributed by atoms with van der Waals surface area (Å²) >= 11 is 0. The summed E-state index contributed by atoms with van der Waals surface area (Å²) in [5, 5.41) is 12.4. The van der Waals surface area contributed by atoms with E-state index in [0.717, 1.165) is 11.1 Å². The van der Waals surface area contributed by atoms with E-state index in [2.05, 4.69) is 11.4 Å². The molecule has 2 aromatic rings. The summed E-state index contributed by atoms with van der Waals surface area (Å²) in [7, 11) is 1.61. The van der Waals surface area contributed by atoms with E-state index >= 15 is 0 Å². The third kappa shape index (κ3) is 3.34. The van der Waals surface area contributed by atoms with Gasteiger partial charge in [-0.05, 0) is 29.3 Å². The average molecular weight is 270 g/mol. The van der Waals surface area contributed by atoms with Crippen molar-refractivity contribution in [2.75, 3.05) is 12.4 Å². The van der Waals surface area contributed by atoms with Gasteiger partial charge in [0.25, 0.3) is 0 Å². The molecule has 0 saturated carbocycles. The van der Waals surface area contributed by atoms with Crippen LogP contribution >= 0.6 is 0 Å². The van der Waals surface area contributed by atoms with Crippen molar-refractivity contribution in [2.45, 2.75) is 12.6 Å². The monoisotopic (exact) mass is 270 g/mol. The fraction of sp³-hybridized carbons (Fsp3) is 0.188. The number of hydrogen-bond acceptors (Lipinski definition) is 3. The van der Waals surface area contributed by atoms with Crippen LogP contribution in [0.2, 0.25) is 0 Å². The lowest BCUT2D eigenvalue weighted by atomic mass is 10.0. The molecule has 0 amide bonds. The van der Waals surface area contributed by atoms with Gasteiger partial charge in [-0.1, -0.05) is 30.3 Å². The Morgan fingerprint density at radius 2 is 2.05 bits per heavy atom. The van der Waals surface area contributed by atoms with E-state index in [1.165, 1.54) is 12.1 Å². The van der Waals surface area contributed by atoms with Crippen molar-refractivity contribution >= 4 is 5.69 Å². The van der Waals surface area contributed by atoms with E-state index in [1.807, 2.05) is 24.3 Å². The molecular weight excluding hydrogens is 255 g/mol. The molecule has 0 aromatic heterocycles. The number of rotatable bonds is 5. The molecule has 2 aromatic carbocycles. The summed E-state index contributed by atoms with van der Waals surface area (Å²) in [5.74, 6) is -0.336. The molecule has 1 atom stereocenters. The summed E-state index contributed by atoms with van der Waals surface area (Å²) in [4.78, 5) is 0. The Morgan fingerprint density at radius 3 is 2.75 bits per heavy atom. The van der Waals surface area contributed by atoms with Gasteiger partial charge < -0.3 is 10.1 Å². The number of ether oxygens (including phenoxy) is 1. The minimum Gasteiger partial charge on any atom is -0.380 e. The molecule has 3 nitrogen and oxygen atoms in total. The number of nitrogens with zero attached hydrogens (tertiary/aromatic N) is 1. The lowest BCUT2D eigenvalue weighted by molar-refractivity contribution is 0.184. The number of benzene rings is 2. The summed E-state index contributed by atoms with van der Waals surface area (Å²) < 4.78 is 18.3. The number of nitrogens with one attached hydrogen (secondary N) is 1. The summed E-state index contributed by atoms with van der Waals surface area (Å²) in [6, 6.07) is 15.3. The molecule has 0 heterocycles. The zero-order valence-corrected chi connectivity index (χ0v) is 11.1. The van der Waals surface area contributed by atoms with Gasteiger partial charge in [0.05, 0.1) is 12.7 Å². The predicted molar refractivity (Wildman–Crippen MR) is 75.5 cm³/mol. The third-order valence-corrected chi connectivity index (χ3v) is 2.93. The van der Waals surface area contributed by atoms with Crippen molar-refractivity contribution in [3.63, 3.8) is 0 Å². The van der Waals surface area contributed by atoms with E-state index in [0.29, 0.717) is 12.3 Å². The van der Waals surface area contributed by atoms with Crippen LogP contribution in [0.1, 0.15) is 17.2 Å². The van der Waals surface area contributed by atoms with Crippen LogP contribution in [0.5, 0.6) is 0 Å². The van der Waals surface area contributed by atoms with E-state index in [4.69, 9.17) is 4.74 Å². The molecule has 0 bridgehead atoms. The first-order valence-corrected chi connectivity index (χ1v) is 6.23. The van der Waals surface area contributed by atoms with Gasteiger partial charge in [-0.15, -0.1) is 0 Å². The predicted octanol–water partition coefficient (Wildman–Crippen LogP) is 3.65. The lowest BCUT2D eigenvalue weighted by Crippen LogP contribution is -2.11. The van der Waals surface area contributed by atoms with E-state index in [-0.39, 0.29) is 5.82 Å². The minimum atomic E-state index is -0.553. The third-order valence-electron chi connectivity index (χ3n) is 2.93. The van der Waals surface area contributed by atoms with Gasteiger partial charge in [0, 0.05) is 12.8 Å². The minimum absolute atomic E-state index is 0.336. The molecule has 2 rings (SSSR count). The molecule has 1 unspecified atom stereocenters. The van der Waals surface area contributed by atoms with Crippen molar-refractivity contribution in [2.24, 2.45) is 0 Å². The second-order valence-electron chi connectivity index (χ2n) is 4.35. The van der Waals surface area contributed by atoms with E-state index in [9.17, 15) is 9.65 Å². The molecule has 0 fully saturated rings. The molecule has 102 valence electrons. The first-order valence-electron chi connectivity index (χ1n) is 6.23. The Bertz CT molecular complexity index is 622. The second kappa shape index (κ2) is 6.69. The van der Waals surface area contributed by atoms with Crippen LogP contribution in [0.3, 0.4) is 0 Å². The highest BCUT2D eigenvalue weighted by Gasteiger charge is 2.14. The molecule has 0 aliphatic carbocycles. The normalized spacial score (nSPS) is 11.7. The maximum Gasteiger partial charge on any atom is 0.140 e. The molecule has 0 radical (unpaired) electrons. The first kappa shape index (κ1) is 14.0. The van der Waals surface area contributed by atoms with Gasteiger partial charge in [-0.2, -0.15) is 5.26 Å². The van der Waals surface area contributed by atoms with Crippen molar-refractivity contribution in [1.82, 2.24) is 0 Å². The van der Waals surface area contributed by atoms with Gasteiger partial charge in [-0.25, -0.2) is 4.39 Å². The zero-order chi connectivity index (χ0) is 14.4. The molecule has 20 heavy (non-hydrogen) atoms. The molecule has 1 N–H and O–H groups in total. The standard InChI is InChI=1S/C16H15FN2O/c1-20-11-12-5-2-3-8-15(12)16(10-18)19-14-7-4-6-13(17)9-14/h2-9,16,19H,11H2,1H3. The van der Waals surface area contributed by atoms with Crippen molar-refractivity contribution in [3.05, 3.63) is 65.5 Å². The van der Waals surface area contributed by atoms with Crippen LogP contribution in [-0.2, 0) is 11.3 Å². The smallest absolute Gasteiger partial charge is 0.140 e. The fourth-order valence-corrected chi connectivity index (χ4v) is 2.03. The number of nitriles is 1. The Kier molecular flexibility index (Phi) is 4.70. The molecular formula is C16H15FN2O. The summed E-state index contributed by atoms with van der Waals surface area (Å²) in [6.07, 6.45) is 0.